The summed E-state index contributed by atoms with van der Waals surface area (Å²) in [6, 6.07) is 11.5. The number of fused-ring (bicyclic) bond motifs is 1. The SMILES string of the molecule is COCCn1c(=NC(=O)c2ccccc2C(=O)OC)sc2cc(C(=O)OC)ccc21. The van der Waals surface area contributed by atoms with Crippen LogP contribution in [0.5, 0.6) is 0 Å². The number of nitrogens with zero attached hydrogens (tertiary/aromatic N) is 2. The molecule has 3 aromatic rings. The molecule has 0 unspecified atom stereocenters. The summed E-state index contributed by atoms with van der Waals surface area (Å²) in [7, 11) is 4.15. The van der Waals surface area contributed by atoms with Gasteiger partial charge in [-0.15, -0.1) is 0 Å². The molecule has 8 nitrogen and oxygen atoms in total. The molecule has 0 fully saturated rings. The number of methoxy groups -OCH3 is 3. The molecule has 0 spiro atoms. The van der Waals surface area contributed by atoms with Crippen molar-refractivity contribution in [3.8, 4) is 0 Å². The van der Waals surface area contributed by atoms with Crippen molar-refractivity contribution in [2.45, 2.75) is 6.54 Å². The number of hydrogen-bond acceptors (Lipinski definition) is 7. The molecule has 0 N–H and O–H groups in total. The summed E-state index contributed by atoms with van der Waals surface area (Å²) >= 11 is 1.26. The summed E-state index contributed by atoms with van der Waals surface area (Å²) in [6.45, 7) is 0.865. The summed E-state index contributed by atoms with van der Waals surface area (Å²) in [4.78, 5) is 41.4. The second-order valence-electron chi connectivity index (χ2n) is 6.16. The van der Waals surface area contributed by atoms with E-state index in [-0.39, 0.29) is 11.1 Å². The monoisotopic (exact) mass is 428 g/mol. The van der Waals surface area contributed by atoms with Crippen LogP contribution in [0, 0.1) is 0 Å². The zero-order valence-corrected chi connectivity index (χ0v) is 17.5. The summed E-state index contributed by atoms with van der Waals surface area (Å²) in [5, 5.41) is 0. The molecule has 0 aliphatic heterocycles. The third kappa shape index (κ3) is 4.32. The van der Waals surface area contributed by atoms with Gasteiger partial charge in [-0.25, -0.2) is 9.59 Å². The number of thiazole rings is 1. The molecule has 1 amide bonds. The topological polar surface area (TPSA) is 96.2 Å². The summed E-state index contributed by atoms with van der Waals surface area (Å²) in [5.74, 6) is -1.63. The standard InChI is InChI=1S/C21H20N2O6S/c1-27-11-10-23-16-9-8-13(19(25)28-2)12-17(16)30-21(23)22-18(24)14-6-4-5-7-15(14)20(26)29-3/h4-9,12H,10-11H2,1-3H3. The Kier molecular flexibility index (Phi) is 6.76. The first-order valence-electron chi connectivity index (χ1n) is 8.97. The highest BCUT2D eigenvalue weighted by atomic mass is 32.1. The Morgan fingerprint density at radius 1 is 0.967 bits per heavy atom. The van der Waals surface area contributed by atoms with Crippen LogP contribution in [0.3, 0.4) is 0 Å². The number of aromatic nitrogens is 1. The van der Waals surface area contributed by atoms with Gasteiger partial charge in [-0.05, 0) is 30.3 Å². The van der Waals surface area contributed by atoms with Crippen LogP contribution in [0.15, 0.2) is 47.5 Å². The lowest BCUT2D eigenvalue weighted by atomic mass is 10.1. The van der Waals surface area contributed by atoms with Gasteiger partial charge in [0.25, 0.3) is 5.91 Å². The van der Waals surface area contributed by atoms with Gasteiger partial charge in [-0.2, -0.15) is 4.99 Å². The highest BCUT2D eigenvalue weighted by Crippen LogP contribution is 2.20. The average molecular weight is 428 g/mol. The zero-order chi connectivity index (χ0) is 21.7. The third-order valence-electron chi connectivity index (χ3n) is 4.38. The fraction of sp³-hybridized carbons (Fsp3) is 0.238. The number of carbonyl (C=O) groups excluding carboxylic acids is 3. The van der Waals surface area contributed by atoms with Crippen molar-refractivity contribution in [1.82, 2.24) is 4.57 Å². The summed E-state index contributed by atoms with van der Waals surface area (Å²) < 4.78 is 17.3. The van der Waals surface area contributed by atoms with Gasteiger partial charge in [0.2, 0.25) is 0 Å². The lowest BCUT2D eigenvalue weighted by Crippen LogP contribution is -2.20. The number of amides is 1. The van der Waals surface area contributed by atoms with Gasteiger partial charge in [-0.3, -0.25) is 4.79 Å². The first-order valence-corrected chi connectivity index (χ1v) is 9.78. The minimum Gasteiger partial charge on any atom is -0.465 e. The van der Waals surface area contributed by atoms with E-state index >= 15 is 0 Å². The summed E-state index contributed by atoms with van der Waals surface area (Å²) in [5.41, 5.74) is 1.50. The number of hydrogen-bond donors (Lipinski definition) is 0. The van der Waals surface area contributed by atoms with Crippen LogP contribution in [0.25, 0.3) is 10.2 Å². The molecule has 0 saturated heterocycles. The quantitative estimate of drug-likeness (QED) is 0.560. The Labute approximate surface area is 176 Å². The maximum atomic E-state index is 12.9. The van der Waals surface area contributed by atoms with Crippen LogP contribution >= 0.6 is 11.3 Å². The molecule has 30 heavy (non-hydrogen) atoms. The first kappa shape index (κ1) is 21.4. The van der Waals surface area contributed by atoms with Crippen LogP contribution in [-0.2, 0) is 20.8 Å². The van der Waals surface area contributed by atoms with E-state index in [1.807, 2.05) is 4.57 Å². The van der Waals surface area contributed by atoms with E-state index in [9.17, 15) is 14.4 Å². The Hall–Kier alpha value is -3.30. The lowest BCUT2D eigenvalue weighted by molar-refractivity contribution is 0.0590. The predicted octanol–water partition coefficient (Wildman–Crippen LogP) is 2.66. The Morgan fingerprint density at radius 3 is 2.33 bits per heavy atom. The van der Waals surface area contributed by atoms with Gasteiger partial charge in [0.15, 0.2) is 4.80 Å². The van der Waals surface area contributed by atoms with E-state index in [2.05, 4.69) is 4.99 Å². The second-order valence-corrected chi connectivity index (χ2v) is 7.17. The fourth-order valence-electron chi connectivity index (χ4n) is 2.91. The van der Waals surface area contributed by atoms with Crippen molar-refractivity contribution in [3.05, 3.63) is 64.0 Å². The number of esters is 2. The van der Waals surface area contributed by atoms with Crippen molar-refractivity contribution in [3.63, 3.8) is 0 Å². The maximum absolute atomic E-state index is 12.9. The fourth-order valence-corrected chi connectivity index (χ4v) is 4.00. The predicted molar refractivity (Wildman–Crippen MR) is 111 cm³/mol. The molecule has 156 valence electrons. The molecule has 0 aliphatic carbocycles. The van der Waals surface area contributed by atoms with Gasteiger partial charge in [-0.1, -0.05) is 23.5 Å². The zero-order valence-electron chi connectivity index (χ0n) is 16.7. The lowest BCUT2D eigenvalue weighted by Gasteiger charge is -2.06. The molecule has 1 aromatic heterocycles. The van der Waals surface area contributed by atoms with Crippen molar-refractivity contribution in [1.29, 1.82) is 0 Å². The van der Waals surface area contributed by atoms with Crippen molar-refractivity contribution in [2.75, 3.05) is 27.9 Å². The van der Waals surface area contributed by atoms with Gasteiger partial charge in [0, 0.05) is 13.7 Å². The van der Waals surface area contributed by atoms with Gasteiger partial charge >= 0.3 is 11.9 Å². The second kappa shape index (κ2) is 9.47. The van der Waals surface area contributed by atoms with Crippen molar-refractivity contribution in [2.24, 2.45) is 4.99 Å². The molecule has 0 saturated carbocycles. The molecule has 9 heteroatoms. The summed E-state index contributed by atoms with van der Waals surface area (Å²) in [6.07, 6.45) is 0. The van der Waals surface area contributed by atoms with E-state index in [1.54, 1.807) is 37.4 Å². The van der Waals surface area contributed by atoms with E-state index in [0.717, 1.165) is 10.2 Å². The minimum absolute atomic E-state index is 0.145. The molecule has 0 atom stereocenters. The van der Waals surface area contributed by atoms with Crippen LogP contribution in [0.2, 0.25) is 0 Å². The first-order chi connectivity index (χ1) is 14.5. The number of ether oxygens (including phenoxy) is 3. The average Bonchev–Trinajstić information content (AvgIpc) is 3.12. The largest absolute Gasteiger partial charge is 0.465 e. The van der Waals surface area contributed by atoms with Crippen molar-refractivity contribution < 1.29 is 28.6 Å². The van der Waals surface area contributed by atoms with Crippen LogP contribution < -0.4 is 4.80 Å². The van der Waals surface area contributed by atoms with Crippen molar-refractivity contribution >= 4 is 39.4 Å². The molecule has 0 aliphatic rings. The number of benzene rings is 2. The number of rotatable bonds is 6. The Morgan fingerprint density at radius 2 is 1.67 bits per heavy atom. The van der Waals surface area contributed by atoms with Crippen LogP contribution in [0.4, 0.5) is 0 Å². The highest BCUT2D eigenvalue weighted by molar-refractivity contribution is 7.16. The molecular formula is C21H20N2O6S. The molecule has 3 rings (SSSR count). The van der Waals surface area contributed by atoms with Crippen LogP contribution in [0.1, 0.15) is 31.1 Å². The smallest absolute Gasteiger partial charge is 0.338 e. The maximum Gasteiger partial charge on any atom is 0.338 e. The molecule has 0 bridgehead atoms. The molecule has 2 aromatic carbocycles. The third-order valence-corrected chi connectivity index (χ3v) is 5.42. The Balaban J connectivity index is 2.14. The van der Waals surface area contributed by atoms with Gasteiger partial charge in [0.1, 0.15) is 0 Å². The normalized spacial score (nSPS) is 11.5. The van der Waals surface area contributed by atoms with Crippen LogP contribution in [-0.4, -0.2) is 50.3 Å². The Bertz CT molecular complexity index is 1180. The molecule has 1 heterocycles. The minimum atomic E-state index is -0.611. The van der Waals surface area contributed by atoms with E-state index < -0.39 is 17.8 Å². The van der Waals surface area contributed by atoms with E-state index in [0.29, 0.717) is 23.5 Å². The van der Waals surface area contributed by atoms with E-state index in [4.69, 9.17) is 14.2 Å². The molecular weight excluding hydrogens is 408 g/mol. The van der Waals surface area contributed by atoms with E-state index in [1.165, 1.54) is 37.7 Å². The highest BCUT2D eigenvalue weighted by Gasteiger charge is 2.18. The van der Waals surface area contributed by atoms with Gasteiger partial charge in [0.05, 0.1) is 47.7 Å². The number of carbonyl (C=O) groups is 3. The molecule has 0 radical (unpaired) electrons. The van der Waals surface area contributed by atoms with Gasteiger partial charge < -0.3 is 18.8 Å².